The second-order valence-electron chi connectivity index (χ2n) is 12.2. The van der Waals surface area contributed by atoms with Crippen LogP contribution < -0.4 is 5.32 Å². The number of ether oxygens (including phenoxy) is 7. The van der Waals surface area contributed by atoms with E-state index in [1.165, 1.54) is 13.8 Å². The molecule has 4 heterocycles. The molecular formula is C27H47NO20. The number of hydrogen-bond acceptors (Lipinski definition) is 20. The summed E-state index contributed by atoms with van der Waals surface area (Å²) in [6, 6.07) is -1.13. The predicted octanol–water partition coefficient (Wildman–Crippen LogP) is -8.33. The third-order valence-corrected chi connectivity index (χ3v) is 8.98. The van der Waals surface area contributed by atoms with Crippen LogP contribution in [-0.4, -0.2) is 210 Å². The lowest BCUT2D eigenvalue weighted by atomic mass is 9.88. The number of nitrogens with one attached hydrogen (secondary N) is 1. The van der Waals surface area contributed by atoms with Crippen LogP contribution in [0.4, 0.5) is 0 Å². The number of aliphatic hydroxyl groups is 12. The summed E-state index contributed by atoms with van der Waals surface area (Å²) in [5.74, 6) is -1.40. The zero-order valence-electron chi connectivity index (χ0n) is 26.0. The van der Waals surface area contributed by atoms with Gasteiger partial charge < -0.3 is 99.8 Å². The Bertz CT molecular complexity index is 1030. The Morgan fingerprint density at radius 1 is 0.646 bits per heavy atom. The maximum atomic E-state index is 12.1. The van der Waals surface area contributed by atoms with Crippen molar-refractivity contribution in [3.8, 4) is 0 Å². The smallest absolute Gasteiger partial charge is 0.217 e. The van der Waals surface area contributed by atoms with E-state index in [-0.39, 0.29) is 0 Å². The van der Waals surface area contributed by atoms with Crippen LogP contribution in [-0.2, 0) is 38.0 Å². The molecule has 4 rings (SSSR count). The highest BCUT2D eigenvalue weighted by Gasteiger charge is 2.58. The van der Waals surface area contributed by atoms with E-state index in [0.29, 0.717) is 0 Å². The van der Waals surface area contributed by atoms with Crippen molar-refractivity contribution in [1.29, 1.82) is 0 Å². The van der Waals surface area contributed by atoms with E-state index in [2.05, 4.69) is 5.32 Å². The molecule has 21 heteroatoms. The summed E-state index contributed by atoms with van der Waals surface area (Å²) in [5, 5.41) is 126. The van der Waals surface area contributed by atoms with Crippen molar-refractivity contribution in [2.75, 3.05) is 26.4 Å². The molecule has 1 amide bonds. The van der Waals surface area contributed by atoms with Gasteiger partial charge >= 0.3 is 0 Å². The van der Waals surface area contributed by atoms with Crippen LogP contribution in [0.1, 0.15) is 13.8 Å². The number of aliphatic hydroxyl groups excluding tert-OH is 12. The quantitative estimate of drug-likeness (QED) is 0.0896. The first-order valence-electron chi connectivity index (χ1n) is 15.4. The summed E-state index contributed by atoms with van der Waals surface area (Å²) in [6.45, 7) is -0.570. The Morgan fingerprint density at radius 3 is 1.75 bits per heavy atom. The molecule has 0 aromatic heterocycles. The van der Waals surface area contributed by atoms with Gasteiger partial charge in [-0.3, -0.25) is 4.79 Å². The molecule has 4 aliphatic heterocycles. The van der Waals surface area contributed by atoms with Gasteiger partial charge in [0.1, 0.15) is 79.4 Å². The normalized spacial score (nSPS) is 49.1. The average molecular weight is 706 g/mol. The van der Waals surface area contributed by atoms with E-state index in [0.717, 1.165) is 0 Å². The molecule has 0 aromatic carbocycles. The fraction of sp³-hybridized carbons (Fsp3) is 0.963. The van der Waals surface area contributed by atoms with Gasteiger partial charge in [0.2, 0.25) is 5.91 Å². The molecule has 0 radical (unpaired) electrons. The second-order valence-corrected chi connectivity index (χ2v) is 12.2. The molecule has 0 bridgehead atoms. The number of carbonyl (C=O) groups excluding carboxylic acids is 1. The van der Waals surface area contributed by atoms with Crippen molar-refractivity contribution in [2.45, 2.75) is 131 Å². The van der Waals surface area contributed by atoms with Gasteiger partial charge in [0.25, 0.3) is 0 Å². The van der Waals surface area contributed by atoms with Gasteiger partial charge in [-0.2, -0.15) is 0 Å². The topological polar surface area (TPSA) is 336 Å². The van der Waals surface area contributed by atoms with E-state index in [1.54, 1.807) is 0 Å². The maximum Gasteiger partial charge on any atom is 0.217 e. The van der Waals surface area contributed by atoms with Crippen LogP contribution in [0.25, 0.3) is 0 Å². The van der Waals surface area contributed by atoms with Gasteiger partial charge in [-0.05, 0) is 0 Å². The number of amides is 1. The van der Waals surface area contributed by atoms with Crippen molar-refractivity contribution < 1.29 is 99.2 Å². The average Bonchev–Trinajstić information content (AvgIpc) is 3.39. The summed E-state index contributed by atoms with van der Waals surface area (Å²) < 4.78 is 40.1. The van der Waals surface area contributed by atoms with E-state index in [4.69, 9.17) is 33.2 Å². The van der Waals surface area contributed by atoms with Gasteiger partial charge in [0, 0.05) is 12.8 Å². The SMILES string of the molecule is CC(=O)N[C@H]1[C@@H](O[C@H]2[C@@H](O[C@H]3C(O)O[C@H](CO)[C@H](O)[C@@H]3O)O[C@@H]([C@H](O)CO)[C@@H]2O[C@H]2O[C@H](CO)[C@H](O)[C@H](O)[C@H]2O)O[C@H](CO)[C@@H](O)[C@@H]1C. The van der Waals surface area contributed by atoms with Gasteiger partial charge in [0.15, 0.2) is 25.2 Å². The zero-order valence-corrected chi connectivity index (χ0v) is 26.0. The van der Waals surface area contributed by atoms with Crippen LogP contribution >= 0.6 is 0 Å². The first-order chi connectivity index (χ1) is 22.7. The molecule has 0 spiro atoms. The van der Waals surface area contributed by atoms with E-state index in [9.17, 15) is 66.1 Å². The second kappa shape index (κ2) is 16.8. The van der Waals surface area contributed by atoms with Crippen molar-refractivity contribution in [3.63, 3.8) is 0 Å². The van der Waals surface area contributed by atoms with Crippen LogP contribution in [0.2, 0.25) is 0 Å². The third kappa shape index (κ3) is 8.10. The molecule has 4 fully saturated rings. The molecule has 21 nitrogen and oxygen atoms in total. The van der Waals surface area contributed by atoms with E-state index < -0.39 is 155 Å². The molecule has 0 aliphatic carbocycles. The number of hydrogen-bond donors (Lipinski definition) is 13. The maximum absolute atomic E-state index is 12.1. The fourth-order valence-electron chi connectivity index (χ4n) is 6.17. The summed E-state index contributed by atoms with van der Waals surface area (Å²) >= 11 is 0. The molecule has 4 aliphatic rings. The first-order valence-corrected chi connectivity index (χ1v) is 15.4. The highest BCUT2D eigenvalue weighted by atomic mass is 16.8. The lowest BCUT2D eigenvalue weighted by Gasteiger charge is -2.45. The van der Waals surface area contributed by atoms with Crippen molar-refractivity contribution in [2.24, 2.45) is 5.92 Å². The van der Waals surface area contributed by atoms with Gasteiger partial charge in [-0.1, -0.05) is 6.92 Å². The fourth-order valence-corrected chi connectivity index (χ4v) is 6.17. The molecular weight excluding hydrogens is 658 g/mol. The Kier molecular flexibility index (Phi) is 13.8. The Labute approximate surface area is 273 Å². The van der Waals surface area contributed by atoms with Gasteiger partial charge in [0.05, 0.1) is 38.6 Å². The van der Waals surface area contributed by atoms with Crippen molar-refractivity contribution >= 4 is 5.91 Å². The predicted molar refractivity (Wildman–Crippen MR) is 149 cm³/mol. The van der Waals surface area contributed by atoms with E-state index >= 15 is 0 Å². The minimum absolute atomic E-state index is 0.574. The summed E-state index contributed by atoms with van der Waals surface area (Å²) in [6.07, 6.45) is -30.7. The Morgan fingerprint density at radius 2 is 1.17 bits per heavy atom. The zero-order chi connectivity index (χ0) is 35.6. The molecule has 0 aromatic rings. The van der Waals surface area contributed by atoms with Crippen LogP contribution in [0.15, 0.2) is 0 Å². The van der Waals surface area contributed by atoms with Crippen molar-refractivity contribution in [1.82, 2.24) is 5.32 Å². The van der Waals surface area contributed by atoms with Gasteiger partial charge in [-0.25, -0.2) is 0 Å². The van der Waals surface area contributed by atoms with Crippen LogP contribution in [0, 0.1) is 5.92 Å². The van der Waals surface area contributed by atoms with Crippen LogP contribution in [0.5, 0.6) is 0 Å². The molecule has 0 saturated carbocycles. The van der Waals surface area contributed by atoms with Crippen molar-refractivity contribution in [3.05, 3.63) is 0 Å². The van der Waals surface area contributed by atoms with E-state index in [1.807, 2.05) is 0 Å². The largest absolute Gasteiger partial charge is 0.394 e. The lowest BCUT2D eigenvalue weighted by Crippen LogP contribution is -2.64. The molecule has 20 atom stereocenters. The molecule has 1 unspecified atom stereocenters. The molecule has 4 saturated heterocycles. The summed E-state index contributed by atoms with van der Waals surface area (Å²) in [7, 11) is 0. The number of rotatable bonds is 12. The Balaban J connectivity index is 1.73. The summed E-state index contributed by atoms with van der Waals surface area (Å²) in [4.78, 5) is 12.1. The number of carbonyl (C=O) groups is 1. The minimum atomic E-state index is -1.98. The lowest BCUT2D eigenvalue weighted by molar-refractivity contribution is -0.346. The molecule has 48 heavy (non-hydrogen) atoms. The Hall–Kier alpha value is -1.29. The summed E-state index contributed by atoms with van der Waals surface area (Å²) in [5.41, 5.74) is 0. The molecule has 280 valence electrons. The van der Waals surface area contributed by atoms with Crippen LogP contribution in [0.3, 0.4) is 0 Å². The molecule has 13 N–H and O–H groups in total. The van der Waals surface area contributed by atoms with Gasteiger partial charge in [-0.15, -0.1) is 0 Å². The monoisotopic (exact) mass is 705 g/mol. The minimum Gasteiger partial charge on any atom is -0.394 e. The first kappa shape index (κ1) is 39.5. The highest BCUT2D eigenvalue weighted by Crippen LogP contribution is 2.38. The highest BCUT2D eigenvalue weighted by molar-refractivity contribution is 5.73. The third-order valence-electron chi connectivity index (χ3n) is 8.98. The standard InChI is InChI=1S/C27H47NO20/c1-7-13(28-8(2)33)25(43-10(4-30)14(7)35)48-23-22(47-26-19(40)17(38)15(36)12(6-32)44-26)20(9(34)3-29)45-27(23)46-21-18(39)16(37)11(5-31)42-24(21)41/h7,9-27,29-32,34-41H,3-6H2,1-2H3,(H,28,33)/t7-,9-,10-,11-,12-,13-,14+,15+,16+,17+,18+,19-,20+,21-,22+,23-,24?,25-,26-,27-/m1/s1.